The van der Waals surface area contributed by atoms with Crippen LogP contribution in [0.15, 0.2) is 17.6 Å². The Morgan fingerprint density at radius 1 is 1.62 bits per heavy atom. The first-order valence-corrected chi connectivity index (χ1v) is 8.53. The molecule has 5 nitrogen and oxygen atoms in total. The summed E-state index contributed by atoms with van der Waals surface area (Å²) in [6.07, 6.45) is 5.86. The van der Waals surface area contributed by atoms with Crippen molar-refractivity contribution < 1.29 is 9.53 Å². The molecule has 1 heterocycles. The van der Waals surface area contributed by atoms with Gasteiger partial charge < -0.3 is 9.30 Å². The number of ether oxygens (including phenoxy) is 1. The fraction of sp³-hybridized carbons (Fsp3) is 0.733. The van der Waals surface area contributed by atoms with Crippen LogP contribution < -0.4 is 5.32 Å². The third-order valence-electron chi connectivity index (χ3n) is 3.67. The van der Waals surface area contributed by atoms with Gasteiger partial charge in [-0.3, -0.25) is 10.1 Å². The summed E-state index contributed by atoms with van der Waals surface area (Å²) >= 11 is 1.61. The van der Waals surface area contributed by atoms with Crippen LogP contribution in [-0.4, -0.2) is 39.5 Å². The molecule has 0 aliphatic heterocycles. The van der Waals surface area contributed by atoms with E-state index in [-0.39, 0.29) is 12.0 Å². The van der Waals surface area contributed by atoms with Gasteiger partial charge in [0.1, 0.15) is 5.54 Å². The minimum absolute atomic E-state index is 0.122. The van der Waals surface area contributed by atoms with Crippen LogP contribution in [-0.2, 0) is 16.6 Å². The smallest absolute Gasteiger partial charge is 0.327 e. The summed E-state index contributed by atoms with van der Waals surface area (Å²) in [4.78, 5) is 16.9. The second-order valence-electron chi connectivity index (χ2n) is 5.87. The van der Waals surface area contributed by atoms with E-state index in [2.05, 4.69) is 24.1 Å². The number of nitrogens with one attached hydrogen (secondary N) is 1. The Morgan fingerprint density at radius 3 is 2.81 bits per heavy atom. The average molecular weight is 311 g/mol. The van der Waals surface area contributed by atoms with Crippen molar-refractivity contribution in [1.82, 2.24) is 14.9 Å². The summed E-state index contributed by atoms with van der Waals surface area (Å²) in [5, 5.41) is 4.42. The van der Waals surface area contributed by atoms with Crippen molar-refractivity contribution in [3.63, 3.8) is 0 Å². The normalized spacial score (nSPS) is 17.8. The van der Waals surface area contributed by atoms with Crippen molar-refractivity contribution in [2.75, 3.05) is 12.4 Å². The molecule has 21 heavy (non-hydrogen) atoms. The second kappa shape index (κ2) is 6.83. The van der Waals surface area contributed by atoms with E-state index < -0.39 is 5.54 Å². The van der Waals surface area contributed by atoms with Crippen molar-refractivity contribution in [1.29, 1.82) is 0 Å². The van der Waals surface area contributed by atoms with E-state index in [4.69, 9.17) is 4.74 Å². The zero-order valence-electron chi connectivity index (χ0n) is 13.3. The quantitative estimate of drug-likeness (QED) is 0.589. The van der Waals surface area contributed by atoms with Crippen LogP contribution in [0.5, 0.6) is 0 Å². The summed E-state index contributed by atoms with van der Waals surface area (Å²) < 4.78 is 7.34. The average Bonchev–Trinajstić information content (AvgIpc) is 3.19. The molecule has 1 atom stereocenters. The number of hydrogen-bond acceptors (Lipinski definition) is 5. The van der Waals surface area contributed by atoms with E-state index in [9.17, 15) is 4.79 Å². The van der Waals surface area contributed by atoms with Gasteiger partial charge in [-0.05, 0) is 39.5 Å². The lowest BCUT2D eigenvalue weighted by Crippen LogP contribution is -2.59. The van der Waals surface area contributed by atoms with Gasteiger partial charge in [-0.15, -0.1) is 0 Å². The highest BCUT2D eigenvalue weighted by Gasteiger charge is 2.52. The number of carbonyl (C=O) groups excluding carboxylic acids is 1. The zero-order valence-corrected chi connectivity index (χ0v) is 14.1. The first-order chi connectivity index (χ1) is 9.99. The molecule has 0 bridgehead atoms. The summed E-state index contributed by atoms with van der Waals surface area (Å²) in [7, 11) is 1.97. The largest absolute Gasteiger partial charge is 0.465 e. The Bertz CT molecular complexity index is 485. The van der Waals surface area contributed by atoms with E-state index in [1.54, 1.807) is 18.0 Å². The maximum absolute atomic E-state index is 12.6. The Morgan fingerprint density at radius 2 is 2.33 bits per heavy atom. The van der Waals surface area contributed by atoms with Gasteiger partial charge in [0.2, 0.25) is 0 Å². The third-order valence-corrected chi connectivity index (χ3v) is 4.92. The van der Waals surface area contributed by atoms with Crippen LogP contribution in [0.25, 0.3) is 0 Å². The standard InChI is InChI=1S/C15H25N3O2S/c1-5-20-13(19)15(12-6-7-12,17-11(2)3)10-21-14-16-8-9-18(14)4/h8-9,11-12,17H,5-7,10H2,1-4H3. The third kappa shape index (κ3) is 3.80. The first-order valence-electron chi connectivity index (χ1n) is 7.54. The molecule has 0 spiro atoms. The van der Waals surface area contributed by atoms with Crippen LogP contribution in [0.1, 0.15) is 33.6 Å². The van der Waals surface area contributed by atoms with Crippen molar-refractivity contribution >= 4 is 17.7 Å². The molecular formula is C15H25N3O2S. The van der Waals surface area contributed by atoms with Gasteiger partial charge in [-0.25, -0.2) is 4.98 Å². The monoisotopic (exact) mass is 311 g/mol. The minimum Gasteiger partial charge on any atom is -0.465 e. The lowest BCUT2D eigenvalue weighted by Gasteiger charge is -2.34. The van der Waals surface area contributed by atoms with Crippen LogP contribution in [0, 0.1) is 5.92 Å². The van der Waals surface area contributed by atoms with Crippen molar-refractivity contribution in [2.45, 2.75) is 50.4 Å². The molecule has 0 radical (unpaired) electrons. The number of aromatic nitrogens is 2. The minimum atomic E-state index is -0.596. The molecule has 1 aromatic rings. The molecule has 0 aromatic carbocycles. The Labute approximate surface area is 130 Å². The van der Waals surface area contributed by atoms with E-state index >= 15 is 0 Å². The van der Waals surface area contributed by atoms with Gasteiger partial charge >= 0.3 is 5.97 Å². The molecule has 0 saturated heterocycles. The SMILES string of the molecule is CCOC(=O)C(CSc1nccn1C)(NC(C)C)C1CC1. The fourth-order valence-corrected chi connectivity index (χ4v) is 3.78. The Kier molecular flexibility index (Phi) is 5.32. The molecule has 118 valence electrons. The number of rotatable bonds is 8. The molecule has 1 saturated carbocycles. The molecular weight excluding hydrogens is 286 g/mol. The summed E-state index contributed by atoms with van der Waals surface area (Å²) in [6, 6.07) is 0.233. The zero-order chi connectivity index (χ0) is 15.5. The van der Waals surface area contributed by atoms with Crippen LogP contribution in [0.4, 0.5) is 0 Å². The predicted molar refractivity (Wildman–Crippen MR) is 84.3 cm³/mol. The van der Waals surface area contributed by atoms with Gasteiger partial charge in [0.05, 0.1) is 6.61 Å². The van der Waals surface area contributed by atoms with Crippen LogP contribution in [0.2, 0.25) is 0 Å². The van der Waals surface area contributed by atoms with E-state index in [1.807, 2.05) is 24.7 Å². The maximum Gasteiger partial charge on any atom is 0.327 e. The van der Waals surface area contributed by atoms with E-state index in [1.165, 1.54) is 0 Å². The summed E-state index contributed by atoms with van der Waals surface area (Å²) in [5.41, 5.74) is -0.596. The number of aryl methyl sites for hydroxylation is 1. The fourth-order valence-electron chi connectivity index (χ4n) is 2.58. The van der Waals surface area contributed by atoms with Gasteiger partial charge in [-0.2, -0.15) is 0 Å². The van der Waals surface area contributed by atoms with Gasteiger partial charge in [0.15, 0.2) is 5.16 Å². The first kappa shape index (κ1) is 16.4. The van der Waals surface area contributed by atoms with E-state index in [0.717, 1.165) is 18.0 Å². The number of hydrogen-bond donors (Lipinski definition) is 1. The van der Waals surface area contributed by atoms with Gasteiger partial charge in [0, 0.05) is 31.2 Å². The number of esters is 1. The molecule has 1 aliphatic rings. The lowest BCUT2D eigenvalue weighted by molar-refractivity contribution is -0.151. The highest BCUT2D eigenvalue weighted by Crippen LogP contribution is 2.43. The van der Waals surface area contributed by atoms with E-state index in [0.29, 0.717) is 18.3 Å². The van der Waals surface area contributed by atoms with Crippen molar-refractivity contribution in [3.05, 3.63) is 12.4 Å². The van der Waals surface area contributed by atoms with Gasteiger partial charge in [-0.1, -0.05) is 11.8 Å². The molecule has 0 amide bonds. The highest BCUT2D eigenvalue weighted by atomic mass is 32.2. The topological polar surface area (TPSA) is 56.1 Å². The van der Waals surface area contributed by atoms with Crippen LogP contribution in [0.3, 0.4) is 0 Å². The molecule has 1 aliphatic carbocycles. The number of nitrogens with zero attached hydrogens (tertiary/aromatic N) is 2. The maximum atomic E-state index is 12.6. The molecule has 6 heteroatoms. The predicted octanol–water partition coefficient (Wildman–Crippen LogP) is 2.22. The number of carbonyl (C=O) groups is 1. The van der Waals surface area contributed by atoms with Crippen molar-refractivity contribution in [2.24, 2.45) is 13.0 Å². The number of thioether (sulfide) groups is 1. The lowest BCUT2D eigenvalue weighted by atomic mass is 9.94. The summed E-state index contributed by atoms with van der Waals surface area (Å²) in [6.45, 7) is 6.42. The Balaban J connectivity index is 2.17. The van der Waals surface area contributed by atoms with Crippen LogP contribution >= 0.6 is 11.8 Å². The molecule has 1 aromatic heterocycles. The molecule has 2 rings (SSSR count). The highest BCUT2D eigenvalue weighted by molar-refractivity contribution is 7.99. The number of imidazole rings is 1. The molecule has 1 fully saturated rings. The van der Waals surface area contributed by atoms with Crippen molar-refractivity contribution in [3.8, 4) is 0 Å². The molecule has 1 unspecified atom stereocenters. The Hall–Kier alpha value is -1.01. The second-order valence-corrected chi connectivity index (χ2v) is 6.82. The molecule has 1 N–H and O–H groups in total. The van der Waals surface area contributed by atoms with Gasteiger partial charge in [0.25, 0.3) is 0 Å². The summed E-state index contributed by atoms with van der Waals surface area (Å²) in [5.74, 6) is 0.897.